The Hall–Kier alpha value is -1.54. The fourth-order valence-electron chi connectivity index (χ4n) is 2.28. The number of amides is 1. The number of phenolic OH excluding ortho intramolecular Hbond substituents is 1. The summed E-state index contributed by atoms with van der Waals surface area (Å²) >= 11 is 15.8. The minimum atomic E-state index is -0.254. The van der Waals surface area contributed by atoms with Gasteiger partial charge in [-0.3, -0.25) is 9.69 Å². The second-order valence-corrected chi connectivity index (χ2v) is 8.07. The van der Waals surface area contributed by atoms with Gasteiger partial charge in [-0.15, -0.1) is 0 Å². The molecule has 1 aliphatic rings. The summed E-state index contributed by atoms with van der Waals surface area (Å²) in [6, 6.07) is 10.2. The molecule has 0 aromatic heterocycles. The lowest BCUT2D eigenvalue weighted by molar-refractivity contribution is -0.113. The zero-order chi connectivity index (χ0) is 18.1. The number of anilines is 1. The number of phenols is 1. The van der Waals surface area contributed by atoms with E-state index in [1.54, 1.807) is 42.5 Å². The maximum absolute atomic E-state index is 12.7. The summed E-state index contributed by atoms with van der Waals surface area (Å²) in [6.07, 6.45) is 1.60. The van der Waals surface area contributed by atoms with Crippen LogP contribution in [-0.4, -0.2) is 22.4 Å². The molecule has 1 heterocycles. The van der Waals surface area contributed by atoms with Crippen molar-refractivity contribution in [2.75, 3.05) is 12.0 Å². The van der Waals surface area contributed by atoms with Gasteiger partial charge in [0.25, 0.3) is 5.91 Å². The number of halogens is 2. The molecule has 0 atom stereocenters. The van der Waals surface area contributed by atoms with E-state index in [9.17, 15) is 9.90 Å². The predicted octanol–water partition coefficient (Wildman–Crippen LogP) is 5.22. The van der Waals surface area contributed by atoms with Crippen LogP contribution in [0.15, 0.2) is 45.8 Å². The largest absolute Gasteiger partial charge is 0.504 e. The molecule has 2 aromatic carbocycles. The van der Waals surface area contributed by atoms with Crippen LogP contribution >= 0.6 is 51.5 Å². The smallest absolute Gasteiger partial charge is 0.270 e. The maximum Gasteiger partial charge on any atom is 0.270 e. The van der Waals surface area contributed by atoms with Crippen LogP contribution in [0, 0.1) is 0 Å². The molecule has 0 unspecified atom stereocenters. The fraction of sp³-hybridized carbons (Fsp3) is 0.0588. The number of ether oxygens (including phenoxy) is 1. The van der Waals surface area contributed by atoms with E-state index in [-0.39, 0.29) is 11.7 Å². The highest BCUT2D eigenvalue weighted by atomic mass is 79.9. The number of aromatic hydroxyl groups is 1. The van der Waals surface area contributed by atoms with Crippen molar-refractivity contribution < 1.29 is 14.6 Å². The molecule has 0 radical (unpaired) electrons. The molecule has 1 N–H and O–H groups in total. The van der Waals surface area contributed by atoms with Crippen molar-refractivity contribution in [3.8, 4) is 11.5 Å². The first-order chi connectivity index (χ1) is 11.9. The Morgan fingerprint density at radius 3 is 2.64 bits per heavy atom. The van der Waals surface area contributed by atoms with Crippen LogP contribution in [0.2, 0.25) is 5.02 Å². The first kappa shape index (κ1) is 18.3. The van der Waals surface area contributed by atoms with E-state index in [1.165, 1.54) is 23.8 Å². The fourth-order valence-corrected chi connectivity index (χ4v) is 4.15. The van der Waals surface area contributed by atoms with Crippen LogP contribution in [0.25, 0.3) is 6.08 Å². The van der Waals surface area contributed by atoms with Crippen molar-refractivity contribution in [3.05, 3.63) is 56.4 Å². The highest BCUT2D eigenvalue weighted by Crippen LogP contribution is 2.40. The van der Waals surface area contributed by atoms with E-state index in [0.29, 0.717) is 31.2 Å². The molecule has 0 bridgehead atoms. The summed E-state index contributed by atoms with van der Waals surface area (Å²) in [7, 11) is 1.46. The van der Waals surface area contributed by atoms with Crippen molar-refractivity contribution in [3.63, 3.8) is 0 Å². The van der Waals surface area contributed by atoms with Crippen molar-refractivity contribution in [2.45, 2.75) is 0 Å². The van der Waals surface area contributed by atoms with Crippen LogP contribution in [0.3, 0.4) is 0 Å². The van der Waals surface area contributed by atoms with E-state index in [0.717, 1.165) is 4.47 Å². The number of carbonyl (C=O) groups is 1. The number of thiocarbonyl (C=S) groups is 1. The zero-order valence-electron chi connectivity index (χ0n) is 12.8. The average molecular weight is 457 g/mol. The summed E-state index contributed by atoms with van der Waals surface area (Å²) in [4.78, 5) is 14.6. The lowest BCUT2D eigenvalue weighted by Crippen LogP contribution is -2.27. The topological polar surface area (TPSA) is 49.8 Å². The van der Waals surface area contributed by atoms with E-state index in [4.69, 9.17) is 28.6 Å². The third-order valence-electron chi connectivity index (χ3n) is 3.45. The molecule has 8 heteroatoms. The lowest BCUT2D eigenvalue weighted by atomic mass is 10.1. The third-order valence-corrected chi connectivity index (χ3v) is 5.47. The van der Waals surface area contributed by atoms with E-state index in [2.05, 4.69) is 15.9 Å². The number of nitrogens with zero attached hydrogens (tertiary/aromatic N) is 1. The summed E-state index contributed by atoms with van der Waals surface area (Å²) in [5.41, 5.74) is 1.11. The Bertz CT molecular complexity index is 900. The Kier molecular flexibility index (Phi) is 5.38. The zero-order valence-corrected chi connectivity index (χ0v) is 16.8. The summed E-state index contributed by atoms with van der Waals surface area (Å²) in [5.74, 6) is 0.0203. The Balaban J connectivity index is 1.99. The highest BCUT2D eigenvalue weighted by Gasteiger charge is 2.33. The van der Waals surface area contributed by atoms with Gasteiger partial charge >= 0.3 is 0 Å². The Labute approximate surface area is 167 Å². The van der Waals surface area contributed by atoms with Gasteiger partial charge in [0.15, 0.2) is 15.8 Å². The number of thioether (sulfide) groups is 1. The van der Waals surface area contributed by atoms with Gasteiger partial charge < -0.3 is 9.84 Å². The highest BCUT2D eigenvalue weighted by molar-refractivity contribution is 9.10. The summed E-state index contributed by atoms with van der Waals surface area (Å²) < 4.78 is 6.27. The number of benzene rings is 2. The average Bonchev–Trinajstić information content (AvgIpc) is 2.85. The van der Waals surface area contributed by atoms with Crippen LogP contribution in [0.1, 0.15) is 5.56 Å². The van der Waals surface area contributed by atoms with Crippen molar-refractivity contribution in [1.82, 2.24) is 0 Å². The molecule has 3 rings (SSSR count). The van der Waals surface area contributed by atoms with Crippen LogP contribution in [0.4, 0.5) is 5.69 Å². The van der Waals surface area contributed by atoms with Gasteiger partial charge in [0.05, 0.1) is 17.7 Å². The van der Waals surface area contributed by atoms with Gasteiger partial charge in [-0.25, -0.2) is 0 Å². The van der Waals surface area contributed by atoms with Gasteiger partial charge in [-0.1, -0.05) is 51.5 Å². The van der Waals surface area contributed by atoms with E-state index >= 15 is 0 Å². The number of rotatable bonds is 3. The summed E-state index contributed by atoms with van der Waals surface area (Å²) in [6.45, 7) is 0. The number of hydrogen-bond donors (Lipinski definition) is 1. The molecule has 1 saturated heterocycles. The first-order valence-electron chi connectivity index (χ1n) is 7.00. The molecule has 0 spiro atoms. The van der Waals surface area contributed by atoms with E-state index in [1.807, 2.05) is 0 Å². The molecule has 25 heavy (non-hydrogen) atoms. The van der Waals surface area contributed by atoms with Crippen molar-refractivity contribution in [2.24, 2.45) is 0 Å². The predicted molar refractivity (Wildman–Crippen MR) is 109 cm³/mol. The quantitative estimate of drug-likeness (QED) is 0.507. The van der Waals surface area contributed by atoms with Crippen LogP contribution < -0.4 is 9.64 Å². The van der Waals surface area contributed by atoms with Crippen molar-refractivity contribution in [1.29, 1.82) is 0 Å². The normalized spacial score (nSPS) is 16.0. The Morgan fingerprint density at radius 2 is 2.00 bits per heavy atom. The monoisotopic (exact) mass is 455 g/mol. The number of hydrogen-bond acceptors (Lipinski definition) is 5. The maximum atomic E-state index is 12.7. The molecule has 2 aromatic rings. The second-order valence-electron chi connectivity index (χ2n) is 5.04. The van der Waals surface area contributed by atoms with Gasteiger partial charge in [-0.2, -0.15) is 0 Å². The minimum absolute atomic E-state index is 0.0394. The number of methoxy groups -OCH3 is 1. The molecule has 0 saturated carbocycles. The third kappa shape index (κ3) is 3.69. The molecular formula is C17H11BrClNO3S2. The van der Waals surface area contributed by atoms with Gasteiger partial charge in [0.2, 0.25) is 0 Å². The molecule has 4 nitrogen and oxygen atoms in total. The lowest BCUT2D eigenvalue weighted by Gasteiger charge is -2.14. The van der Waals surface area contributed by atoms with Gasteiger partial charge in [0, 0.05) is 15.1 Å². The Morgan fingerprint density at radius 1 is 1.32 bits per heavy atom. The molecular weight excluding hydrogens is 446 g/mol. The standard InChI is InChI=1S/C17H11BrClNO3S2/c1-23-13-8-10(18)6-9(15(13)21)7-14-16(22)20(17(24)25-14)12-4-2-11(19)3-5-12/h2-8,21H,1H3/b14-7+. The molecule has 1 amide bonds. The number of carbonyl (C=O) groups excluding carboxylic acids is 1. The second kappa shape index (κ2) is 7.37. The molecule has 0 aliphatic carbocycles. The van der Waals surface area contributed by atoms with Crippen LogP contribution in [-0.2, 0) is 4.79 Å². The van der Waals surface area contributed by atoms with Gasteiger partial charge in [-0.05, 0) is 42.5 Å². The first-order valence-corrected chi connectivity index (χ1v) is 9.40. The SMILES string of the molecule is COc1cc(Br)cc(/C=C2/SC(=S)N(c3ccc(Cl)cc3)C2=O)c1O. The molecule has 1 aliphatic heterocycles. The molecule has 1 fully saturated rings. The van der Waals surface area contributed by atoms with Gasteiger partial charge in [0.1, 0.15) is 0 Å². The van der Waals surface area contributed by atoms with Crippen molar-refractivity contribution >= 4 is 73.5 Å². The summed E-state index contributed by atoms with van der Waals surface area (Å²) in [5, 5.41) is 10.8. The molecule has 128 valence electrons. The minimum Gasteiger partial charge on any atom is -0.504 e. The van der Waals surface area contributed by atoms with Crippen LogP contribution in [0.5, 0.6) is 11.5 Å². The van der Waals surface area contributed by atoms with E-state index < -0.39 is 0 Å².